The summed E-state index contributed by atoms with van der Waals surface area (Å²) in [4.78, 5) is 9.15. The van der Waals surface area contributed by atoms with E-state index in [1.807, 2.05) is 18.3 Å². The minimum absolute atomic E-state index is 0.725. The van der Waals surface area contributed by atoms with Crippen molar-refractivity contribution in [2.45, 2.75) is 13.3 Å². The summed E-state index contributed by atoms with van der Waals surface area (Å²) < 4.78 is 0. The van der Waals surface area contributed by atoms with Crippen molar-refractivity contribution in [3.63, 3.8) is 0 Å². The molecule has 1 aromatic carbocycles. The summed E-state index contributed by atoms with van der Waals surface area (Å²) in [6.45, 7) is 5.11. The van der Waals surface area contributed by atoms with Crippen molar-refractivity contribution in [3.8, 4) is 0 Å². The fourth-order valence-electron chi connectivity index (χ4n) is 3.29. The number of anilines is 1. The molecule has 0 saturated heterocycles. The van der Waals surface area contributed by atoms with E-state index in [9.17, 15) is 0 Å². The second kappa shape index (κ2) is 8.37. The summed E-state index contributed by atoms with van der Waals surface area (Å²) in [5, 5.41) is 1.88. The van der Waals surface area contributed by atoms with Crippen LogP contribution in [-0.2, 0) is 0 Å². The van der Waals surface area contributed by atoms with Crippen molar-refractivity contribution in [2.24, 2.45) is 0 Å². The maximum atomic E-state index is 6.14. The fraction of sp³-hybridized carbons (Fsp3) is 0.333. The molecule has 1 saturated carbocycles. The molecule has 0 amide bonds. The van der Waals surface area contributed by atoms with E-state index in [0.717, 1.165) is 42.0 Å². The zero-order valence-electron chi connectivity index (χ0n) is 15.2. The molecular formula is C21H25ClN3. The molecule has 4 heteroatoms. The lowest BCUT2D eigenvalue weighted by molar-refractivity contribution is 0.426. The van der Waals surface area contributed by atoms with E-state index in [-0.39, 0.29) is 0 Å². The van der Waals surface area contributed by atoms with Crippen LogP contribution in [0, 0.1) is 31.1 Å². The van der Waals surface area contributed by atoms with Gasteiger partial charge in [-0.1, -0.05) is 18.5 Å². The number of rotatable bonds is 7. The molecule has 5 radical (unpaired) electrons. The molecule has 3 rings (SSSR count). The van der Waals surface area contributed by atoms with Gasteiger partial charge in [0.15, 0.2) is 0 Å². The van der Waals surface area contributed by atoms with Gasteiger partial charge in [-0.05, 0) is 64.0 Å². The van der Waals surface area contributed by atoms with Crippen LogP contribution in [0.15, 0.2) is 30.5 Å². The average Bonchev–Trinajstić information content (AvgIpc) is 2.99. The molecule has 2 aromatic rings. The normalized spacial score (nSPS) is 16.2. The molecule has 1 aromatic heterocycles. The minimum Gasteiger partial charge on any atom is -0.370 e. The van der Waals surface area contributed by atoms with E-state index in [2.05, 4.69) is 67.2 Å². The highest BCUT2D eigenvalue weighted by molar-refractivity contribution is 6.31. The number of hydrogen-bond donors (Lipinski definition) is 0. The molecule has 25 heavy (non-hydrogen) atoms. The Hall–Kier alpha value is -1.32. The van der Waals surface area contributed by atoms with Crippen LogP contribution in [0.4, 0.5) is 5.69 Å². The van der Waals surface area contributed by atoms with Crippen molar-refractivity contribution in [2.75, 3.05) is 38.6 Å². The first kappa shape index (κ1) is 18.5. The quantitative estimate of drug-likeness (QED) is 0.732. The van der Waals surface area contributed by atoms with Gasteiger partial charge in [0.05, 0.1) is 5.52 Å². The second-order valence-electron chi connectivity index (χ2n) is 6.73. The number of fused-ring (bicyclic) bond motifs is 1. The number of aromatic nitrogens is 1. The van der Waals surface area contributed by atoms with Gasteiger partial charge in [-0.25, -0.2) is 0 Å². The van der Waals surface area contributed by atoms with Gasteiger partial charge in [0.25, 0.3) is 0 Å². The third kappa shape index (κ3) is 4.45. The van der Waals surface area contributed by atoms with Gasteiger partial charge in [-0.15, -0.1) is 0 Å². The van der Waals surface area contributed by atoms with Gasteiger partial charge >= 0.3 is 0 Å². The van der Waals surface area contributed by atoms with Gasteiger partial charge < -0.3 is 9.80 Å². The molecule has 1 fully saturated rings. The van der Waals surface area contributed by atoms with Crippen LogP contribution in [0.2, 0.25) is 5.02 Å². The van der Waals surface area contributed by atoms with Crippen molar-refractivity contribution >= 4 is 28.2 Å². The van der Waals surface area contributed by atoms with Gasteiger partial charge in [0.2, 0.25) is 0 Å². The molecule has 0 unspecified atom stereocenters. The Morgan fingerprint density at radius 3 is 2.52 bits per heavy atom. The molecule has 1 aliphatic rings. The monoisotopic (exact) mass is 354 g/mol. The standard InChI is InChI=1S/C21H25ClN3/c1-4-12-25(15-17-7-5-6-16(17)14-24(2)3)21-10-11-23-20-13-18(22)8-9-19(20)21/h5-11,13H,4,12,14-15H2,1-3H3. The number of pyridine rings is 1. The van der Waals surface area contributed by atoms with Crippen molar-refractivity contribution in [3.05, 3.63) is 66.6 Å². The first-order valence-corrected chi connectivity index (χ1v) is 9.13. The van der Waals surface area contributed by atoms with E-state index in [4.69, 9.17) is 11.6 Å². The molecule has 0 bridgehead atoms. The number of nitrogens with zero attached hydrogens (tertiary/aromatic N) is 3. The summed E-state index contributed by atoms with van der Waals surface area (Å²) in [7, 11) is 4.22. The van der Waals surface area contributed by atoms with Gasteiger partial charge in [-0.2, -0.15) is 0 Å². The lowest BCUT2D eigenvalue weighted by Crippen LogP contribution is -2.33. The molecule has 3 nitrogen and oxygen atoms in total. The minimum atomic E-state index is 0.725. The Morgan fingerprint density at radius 2 is 1.80 bits per heavy atom. The topological polar surface area (TPSA) is 19.4 Å². The molecule has 1 aliphatic carbocycles. The van der Waals surface area contributed by atoms with Crippen LogP contribution in [0.1, 0.15) is 13.3 Å². The van der Waals surface area contributed by atoms with Crippen LogP contribution < -0.4 is 4.90 Å². The molecule has 1 heterocycles. The zero-order valence-corrected chi connectivity index (χ0v) is 15.9. The largest absolute Gasteiger partial charge is 0.370 e. The third-order valence-electron chi connectivity index (χ3n) is 4.37. The highest BCUT2D eigenvalue weighted by atomic mass is 35.5. The van der Waals surface area contributed by atoms with E-state index in [1.54, 1.807) is 0 Å². The van der Waals surface area contributed by atoms with Gasteiger partial charge in [0, 0.05) is 53.8 Å². The van der Waals surface area contributed by atoms with E-state index in [0.29, 0.717) is 0 Å². The Balaban J connectivity index is 1.86. The lowest BCUT2D eigenvalue weighted by atomic mass is 9.94. The summed E-state index contributed by atoms with van der Waals surface area (Å²) in [6, 6.07) is 8.07. The Morgan fingerprint density at radius 1 is 1.04 bits per heavy atom. The highest BCUT2D eigenvalue weighted by Gasteiger charge is 2.31. The van der Waals surface area contributed by atoms with E-state index < -0.39 is 0 Å². The maximum absolute atomic E-state index is 6.14. The zero-order chi connectivity index (χ0) is 17.8. The molecule has 0 spiro atoms. The van der Waals surface area contributed by atoms with Crippen molar-refractivity contribution < 1.29 is 0 Å². The van der Waals surface area contributed by atoms with Crippen LogP contribution in [0.3, 0.4) is 0 Å². The highest BCUT2D eigenvalue weighted by Crippen LogP contribution is 2.36. The predicted molar refractivity (Wildman–Crippen MR) is 107 cm³/mol. The molecule has 0 N–H and O–H groups in total. The maximum Gasteiger partial charge on any atom is 0.0737 e. The van der Waals surface area contributed by atoms with Crippen LogP contribution >= 0.6 is 11.6 Å². The van der Waals surface area contributed by atoms with E-state index >= 15 is 0 Å². The number of halogens is 1. The second-order valence-corrected chi connectivity index (χ2v) is 7.16. The van der Waals surface area contributed by atoms with Crippen molar-refractivity contribution in [1.82, 2.24) is 9.88 Å². The summed E-state index contributed by atoms with van der Waals surface area (Å²) in [6.07, 6.45) is 9.60. The number of hydrogen-bond acceptors (Lipinski definition) is 3. The Bertz CT molecular complexity index is 701. The first-order chi connectivity index (χ1) is 12.1. The third-order valence-corrected chi connectivity index (χ3v) is 4.61. The predicted octanol–water partition coefficient (Wildman–Crippen LogP) is 4.44. The molecular weight excluding hydrogens is 330 g/mol. The summed E-state index contributed by atoms with van der Waals surface area (Å²) >= 11 is 6.14. The number of benzene rings is 1. The Labute approximate surface area is 157 Å². The Kier molecular flexibility index (Phi) is 6.19. The SMILES string of the molecule is CCCN(C[C]1[CH][CH][CH][C]1CN(C)C)c1ccnc2cc(Cl)ccc12. The fourth-order valence-corrected chi connectivity index (χ4v) is 3.45. The van der Waals surface area contributed by atoms with Crippen LogP contribution in [0.5, 0.6) is 0 Å². The van der Waals surface area contributed by atoms with Crippen molar-refractivity contribution in [1.29, 1.82) is 0 Å². The van der Waals surface area contributed by atoms with Crippen LogP contribution in [-0.4, -0.2) is 43.6 Å². The summed E-state index contributed by atoms with van der Waals surface area (Å²) in [5.41, 5.74) is 2.17. The van der Waals surface area contributed by atoms with Gasteiger partial charge in [0.1, 0.15) is 0 Å². The molecule has 0 atom stereocenters. The van der Waals surface area contributed by atoms with E-state index in [1.165, 1.54) is 17.5 Å². The summed E-state index contributed by atoms with van der Waals surface area (Å²) in [5.74, 6) is 2.79. The first-order valence-electron chi connectivity index (χ1n) is 8.76. The van der Waals surface area contributed by atoms with Gasteiger partial charge in [-0.3, -0.25) is 4.98 Å². The molecule has 131 valence electrons. The lowest BCUT2D eigenvalue weighted by Gasteiger charge is -2.31. The average molecular weight is 355 g/mol. The molecule has 0 aliphatic heterocycles. The smallest absolute Gasteiger partial charge is 0.0737 e. The van der Waals surface area contributed by atoms with Crippen LogP contribution in [0.25, 0.3) is 10.9 Å².